The van der Waals surface area contributed by atoms with Gasteiger partial charge in [-0.2, -0.15) is 0 Å². The van der Waals surface area contributed by atoms with Crippen LogP contribution < -0.4 is 5.32 Å². The van der Waals surface area contributed by atoms with Crippen molar-refractivity contribution in [1.29, 1.82) is 0 Å². The van der Waals surface area contributed by atoms with Gasteiger partial charge in [-0.15, -0.1) is 0 Å². The minimum Gasteiger partial charge on any atom is -0.478 e. The summed E-state index contributed by atoms with van der Waals surface area (Å²) in [4.78, 5) is 10.9. The Labute approximate surface area is 138 Å². The zero-order chi connectivity index (χ0) is 15.6. The number of benzene rings is 2. The molecular formula is C15H12Br2FNO2. The standard InChI is InChI=1S/C15H12Br2FNO2/c1-8(11-4-3-10(16)7-12(11)17)19-14-6-9(15(20)21)2-5-13(14)18/h2-8,19H,1H3,(H,20,21). The van der Waals surface area contributed by atoms with Crippen LogP contribution in [0.1, 0.15) is 28.9 Å². The molecule has 0 fully saturated rings. The third-order valence-corrected chi connectivity index (χ3v) is 4.19. The SMILES string of the molecule is CC(Nc1cc(C(=O)O)ccc1F)c1ccc(Br)cc1Br. The van der Waals surface area contributed by atoms with Gasteiger partial charge < -0.3 is 10.4 Å². The van der Waals surface area contributed by atoms with Crippen LogP contribution in [0.5, 0.6) is 0 Å². The average molecular weight is 417 g/mol. The molecule has 0 aliphatic heterocycles. The van der Waals surface area contributed by atoms with Crippen molar-refractivity contribution in [2.24, 2.45) is 0 Å². The molecule has 0 amide bonds. The van der Waals surface area contributed by atoms with Crippen LogP contribution in [-0.2, 0) is 0 Å². The van der Waals surface area contributed by atoms with E-state index in [1.165, 1.54) is 12.1 Å². The lowest BCUT2D eigenvalue weighted by molar-refractivity contribution is 0.0697. The average Bonchev–Trinajstić information content (AvgIpc) is 2.40. The largest absolute Gasteiger partial charge is 0.478 e. The zero-order valence-electron chi connectivity index (χ0n) is 11.0. The van der Waals surface area contributed by atoms with Crippen molar-refractivity contribution in [3.8, 4) is 0 Å². The van der Waals surface area contributed by atoms with Crippen LogP contribution in [0, 0.1) is 5.82 Å². The summed E-state index contributed by atoms with van der Waals surface area (Å²) >= 11 is 6.83. The van der Waals surface area contributed by atoms with Gasteiger partial charge in [0.25, 0.3) is 0 Å². The molecule has 21 heavy (non-hydrogen) atoms. The predicted octanol–water partition coefficient (Wildman–Crippen LogP) is 5.22. The van der Waals surface area contributed by atoms with Gasteiger partial charge >= 0.3 is 5.97 Å². The van der Waals surface area contributed by atoms with Gasteiger partial charge in [0.1, 0.15) is 5.82 Å². The van der Waals surface area contributed by atoms with Gasteiger partial charge in [-0.1, -0.05) is 37.9 Å². The maximum Gasteiger partial charge on any atom is 0.335 e. The first-order valence-electron chi connectivity index (χ1n) is 6.13. The molecule has 0 saturated carbocycles. The normalized spacial score (nSPS) is 12.0. The molecule has 0 radical (unpaired) electrons. The van der Waals surface area contributed by atoms with Crippen LogP contribution in [0.15, 0.2) is 45.3 Å². The Morgan fingerprint density at radius 3 is 2.57 bits per heavy atom. The third-order valence-electron chi connectivity index (χ3n) is 3.01. The maximum atomic E-state index is 13.8. The van der Waals surface area contributed by atoms with Gasteiger partial charge in [-0.05, 0) is 42.8 Å². The van der Waals surface area contributed by atoms with E-state index in [-0.39, 0.29) is 17.3 Å². The fourth-order valence-corrected chi connectivity index (χ4v) is 3.32. The molecule has 0 aliphatic carbocycles. The summed E-state index contributed by atoms with van der Waals surface area (Å²) in [5, 5.41) is 12.0. The monoisotopic (exact) mass is 415 g/mol. The summed E-state index contributed by atoms with van der Waals surface area (Å²) in [6.45, 7) is 1.88. The molecule has 2 aromatic rings. The van der Waals surface area contributed by atoms with Crippen molar-refractivity contribution in [2.45, 2.75) is 13.0 Å². The Balaban J connectivity index is 2.28. The number of halogens is 3. The predicted molar refractivity (Wildman–Crippen MR) is 87.2 cm³/mol. The zero-order valence-corrected chi connectivity index (χ0v) is 14.2. The van der Waals surface area contributed by atoms with Crippen molar-refractivity contribution in [2.75, 3.05) is 5.32 Å². The summed E-state index contributed by atoms with van der Waals surface area (Å²) < 4.78 is 15.6. The van der Waals surface area contributed by atoms with Crippen LogP contribution in [0.4, 0.5) is 10.1 Å². The van der Waals surface area contributed by atoms with Crippen LogP contribution >= 0.6 is 31.9 Å². The molecule has 0 aliphatic rings. The van der Waals surface area contributed by atoms with Crippen molar-refractivity contribution in [1.82, 2.24) is 0 Å². The molecule has 2 rings (SSSR count). The molecule has 0 saturated heterocycles. The van der Waals surface area contributed by atoms with E-state index in [1.54, 1.807) is 0 Å². The molecule has 3 nitrogen and oxygen atoms in total. The summed E-state index contributed by atoms with van der Waals surface area (Å²) in [5.74, 6) is -1.57. The van der Waals surface area contributed by atoms with E-state index in [2.05, 4.69) is 37.2 Å². The Morgan fingerprint density at radius 1 is 1.24 bits per heavy atom. The van der Waals surface area contributed by atoms with E-state index in [0.29, 0.717) is 0 Å². The quantitative estimate of drug-likeness (QED) is 0.718. The number of anilines is 1. The summed E-state index contributed by atoms with van der Waals surface area (Å²) in [6, 6.07) is 9.19. The molecule has 2 N–H and O–H groups in total. The minimum absolute atomic E-state index is 0.0426. The van der Waals surface area contributed by atoms with Gasteiger partial charge in [-0.3, -0.25) is 0 Å². The molecule has 110 valence electrons. The third kappa shape index (κ3) is 3.83. The summed E-state index contributed by atoms with van der Waals surface area (Å²) in [5.41, 5.74) is 1.15. The van der Waals surface area contributed by atoms with Crippen LogP contribution in [0.2, 0.25) is 0 Å². The van der Waals surface area contributed by atoms with Crippen molar-refractivity contribution >= 4 is 43.5 Å². The second-order valence-electron chi connectivity index (χ2n) is 4.53. The first-order valence-corrected chi connectivity index (χ1v) is 7.71. The van der Waals surface area contributed by atoms with Gasteiger partial charge in [0.2, 0.25) is 0 Å². The number of carboxylic acid groups (broad SMARTS) is 1. The number of carboxylic acids is 1. The highest BCUT2D eigenvalue weighted by molar-refractivity contribution is 9.11. The Hall–Kier alpha value is -1.40. The highest BCUT2D eigenvalue weighted by Gasteiger charge is 2.13. The van der Waals surface area contributed by atoms with E-state index in [4.69, 9.17) is 5.11 Å². The number of rotatable bonds is 4. The Bertz CT molecular complexity index is 691. The lowest BCUT2D eigenvalue weighted by atomic mass is 10.1. The summed E-state index contributed by atoms with van der Waals surface area (Å²) in [6.07, 6.45) is 0. The molecule has 2 aromatic carbocycles. The van der Waals surface area contributed by atoms with Gasteiger partial charge in [0, 0.05) is 15.0 Å². The van der Waals surface area contributed by atoms with Crippen molar-refractivity contribution in [3.05, 3.63) is 62.3 Å². The smallest absolute Gasteiger partial charge is 0.335 e. The second-order valence-corrected chi connectivity index (χ2v) is 6.30. The number of aromatic carboxylic acids is 1. The highest BCUT2D eigenvalue weighted by Crippen LogP contribution is 2.30. The van der Waals surface area contributed by atoms with E-state index in [9.17, 15) is 9.18 Å². The van der Waals surface area contributed by atoms with Crippen LogP contribution in [-0.4, -0.2) is 11.1 Å². The lowest BCUT2D eigenvalue weighted by Crippen LogP contribution is -2.10. The fourth-order valence-electron chi connectivity index (χ4n) is 1.93. The molecule has 6 heteroatoms. The fraction of sp³-hybridized carbons (Fsp3) is 0.133. The summed E-state index contributed by atoms with van der Waals surface area (Å²) in [7, 11) is 0. The van der Waals surface area contributed by atoms with Crippen molar-refractivity contribution in [3.63, 3.8) is 0 Å². The minimum atomic E-state index is -1.09. The number of carbonyl (C=O) groups is 1. The molecule has 0 aromatic heterocycles. The molecular weight excluding hydrogens is 405 g/mol. The van der Waals surface area contributed by atoms with E-state index < -0.39 is 11.8 Å². The maximum absolute atomic E-state index is 13.8. The molecule has 0 heterocycles. The molecule has 1 unspecified atom stereocenters. The topological polar surface area (TPSA) is 49.3 Å². The van der Waals surface area contributed by atoms with Crippen LogP contribution in [0.3, 0.4) is 0 Å². The number of hydrogen-bond donors (Lipinski definition) is 2. The van der Waals surface area contributed by atoms with Crippen LogP contribution in [0.25, 0.3) is 0 Å². The van der Waals surface area contributed by atoms with Crippen molar-refractivity contribution < 1.29 is 14.3 Å². The van der Waals surface area contributed by atoms with E-state index in [1.807, 2.05) is 25.1 Å². The lowest BCUT2D eigenvalue weighted by Gasteiger charge is -2.18. The first kappa shape index (κ1) is 16.0. The number of hydrogen-bond acceptors (Lipinski definition) is 2. The number of nitrogens with one attached hydrogen (secondary N) is 1. The van der Waals surface area contributed by atoms with Gasteiger partial charge in [0.05, 0.1) is 11.3 Å². The Morgan fingerprint density at radius 2 is 1.95 bits per heavy atom. The van der Waals surface area contributed by atoms with Gasteiger partial charge in [0.15, 0.2) is 0 Å². The van der Waals surface area contributed by atoms with Gasteiger partial charge in [-0.25, -0.2) is 9.18 Å². The van der Waals surface area contributed by atoms with E-state index in [0.717, 1.165) is 20.6 Å². The molecule has 0 bridgehead atoms. The first-order chi connectivity index (χ1) is 9.88. The molecule has 1 atom stereocenters. The van der Waals surface area contributed by atoms with E-state index >= 15 is 0 Å². The molecule has 0 spiro atoms. The Kier molecular flexibility index (Phi) is 5.00. The highest BCUT2D eigenvalue weighted by atomic mass is 79.9. The second kappa shape index (κ2) is 6.58.